The number of unbranched alkanes of at least 4 members (excludes halogenated alkanes) is 1. The van der Waals surface area contributed by atoms with Crippen LogP contribution >= 0.6 is 31.7 Å². The first-order chi connectivity index (χ1) is 32.1. The van der Waals surface area contributed by atoms with Crippen LogP contribution in [-0.2, 0) is 0 Å². The molecule has 0 aliphatic rings. The van der Waals surface area contributed by atoms with Crippen LogP contribution in [0, 0.1) is 55.4 Å². The van der Waals surface area contributed by atoms with Crippen molar-refractivity contribution >= 4 is 74.1 Å². The summed E-state index contributed by atoms with van der Waals surface area (Å²) >= 11 is 0. The molecule has 4 heteroatoms. The van der Waals surface area contributed by atoms with E-state index >= 15 is 0 Å². The van der Waals surface area contributed by atoms with Crippen LogP contribution in [0.2, 0.25) is 0 Å². The maximum Gasteiger partial charge on any atom is 0.0619 e. The second-order valence-electron chi connectivity index (χ2n) is 18.0. The van der Waals surface area contributed by atoms with E-state index in [2.05, 4.69) is 256 Å². The van der Waals surface area contributed by atoms with Crippen LogP contribution in [0.1, 0.15) is 70.7 Å². The third kappa shape index (κ3) is 9.35. The average Bonchev–Trinajstić information content (AvgIpc) is 3.32. The monoisotopic (exact) mass is 934 g/mol. The summed E-state index contributed by atoms with van der Waals surface area (Å²) < 4.78 is -0.375. The Labute approximate surface area is 402 Å². The molecule has 0 amide bonds. The molecule has 0 bridgehead atoms. The van der Waals surface area contributed by atoms with Gasteiger partial charge in [0.1, 0.15) is 0 Å². The van der Waals surface area contributed by atoms with Gasteiger partial charge in [-0.25, -0.2) is 0 Å². The maximum absolute atomic E-state index is 2.55. The lowest BCUT2D eigenvalue weighted by molar-refractivity contribution is 0.689. The summed E-state index contributed by atoms with van der Waals surface area (Å²) in [5.74, 6) is 0. The van der Waals surface area contributed by atoms with Gasteiger partial charge in [-0.05, 0) is 180 Å². The Balaban J connectivity index is 1.77. The molecule has 66 heavy (non-hydrogen) atoms. The van der Waals surface area contributed by atoms with Crippen molar-refractivity contribution in [1.29, 1.82) is 0 Å². The summed E-state index contributed by atoms with van der Waals surface area (Å²) in [5, 5.41) is 12.1. The minimum atomic E-state index is -1.18. The highest BCUT2D eigenvalue weighted by molar-refractivity contribution is 8.06. The molecule has 8 aromatic rings. The van der Waals surface area contributed by atoms with Crippen LogP contribution in [0.3, 0.4) is 0 Å². The third-order valence-corrected chi connectivity index (χ3v) is 29.8. The predicted molar refractivity (Wildman–Crippen MR) is 300 cm³/mol. The van der Waals surface area contributed by atoms with E-state index in [0.717, 1.165) is 19.3 Å². The largest absolute Gasteiger partial charge is 0.0654 e. The van der Waals surface area contributed by atoms with Gasteiger partial charge in [0.05, 0.1) is 4.64 Å². The fourth-order valence-electron chi connectivity index (χ4n) is 10.1. The summed E-state index contributed by atoms with van der Waals surface area (Å²) in [4.78, 5) is 0. The van der Waals surface area contributed by atoms with Crippen molar-refractivity contribution in [1.82, 2.24) is 0 Å². The van der Waals surface area contributed by atoms with E-state index in [1.807, 2.05) is 0 Å². The predicted octanol–water partition coefficient (Wildman–Crippen LogP) is 14.2. The Hall–Kier alpha value is -4.52. The Kier molecular flexibility index (Phi) is 15.7. The van der Waals surface area contributed by atoms with Gasteiger partial charge >= 0.3 is 0 Å². The molecular formula is C62H66P4. The van der Waals surface area contributed by atoms with Gasteiger partial charge in [-0.1, -0.05) is 214 Å². The number of aryl methyl sites for hydroxylation is 8. The first-order valence-electron chi connectivity index (χ1n) is 23.7. The second-order valence-corrected chi connectivity index (χ2v) is 28.4. The molecule has 0 saturated heterocycles. The molecule has 0 aliphatic heterocycles. The standard InChI is InChI=1S/C62H66P4/c1-10-11-44-61(63(53-36-20-12-28-45(53)2)54-37-21-13-29-46(54)3)62(64(55-38-22-14-30-47(55)4)56-39-23-15-31-48(56)5,65(57-40-24-16-32-49(57)6)58-41-25-17-33-50(58)7)66(59-42-26-18-34-51(59)8)60-43-27-19-35-52(60)9/h12-43,61H,10-11,44H2,1-9H3. The third-order valence-electron chi connectivity index (χ3n) is 13.5. The molecule has 0 radical (unpaired) electrons. The van der Waals surface area contributed by atoms with Gasteiger partial charge in [0, 0.05) is 5.66 Å². The topological polar surface area (TPSA) is 0 Å². The van der Waals surface area contributed by atoms with Gasteiger partial charge in [0.25, 0.3) is 0 Å². The van der Waals surface area contributed by atoms with Gasteiger partial charge in [-0.3, -0.25) is 0 Å². The zero-order valence-electron chi connectivity index (χ0n) is 40.5. The molecule has 0 aliphatic carbocycles. The van der Waals surface area contributed by atoms with Gasteiger partial charge in [-0.15, -0.1) is 0 Å². The van der Waals surface area contributed by atoms with Crippen molar-refractivity contribution in [3.8, 4) is 0 Å². The van der Waals surface area contributed by atoms with E-state index < -0.39 is 31.7 Å². The first-order valence-corrected chi connectivity index (χ1v) is 29.2. The van der Waals surface area contributed by atoms with E-state index in [-0.39, 0.29) is 10.3 Å². The summed E-state index contributed by atoms with van der Waals surface area (Å²) in [6.45, 7) is 21.7. The molecule has 0 aromatic heterocycles. The summed E-state index contributed by atoms with van der Waals surface area (Å²) in [7, 11) is -4.54. The summed E-state index contributed by atoms with van der Waals surface area (Å²) in [6.07, 6.45) is 3.38. The molecule has 0 fully saturated rings. The number of rotatable bonds is 16. The summed E-state index contributed by atoms with van der Waals surface area (Å²) in [6, 6.07) is 76.5. The van der Waals surface area contributed by atoms with Crippen LogP contribution in [-0.4, -0.2) is 10.3 Å². The van der Waals surface area contributed by atoms with Crippen LogP contribution in [0.5, 0.6) is 0 Å². The smallest absolute Gasteiger partial charge is 0.0619 e. The molecule has 0 spiro atoms. The molecule has 0 N–H and O–H groups in total. The highest BCUT2D eigenvalue weighted by Gasteiger charge is 2.61. The molecule has 8 rings (SSSR count). The zero-order chi connectivity index (χ0) is 46.4. The fourth-order valence-corrected chi connectivity index (χ4v) is 29.8. The highest BCUT2D eigenvalue weighted by atomic mass is 31.2. The van der Waals surface area contributed by atoms with E-state index in [9.17, 15) is 0 Å². The first kappa shape index (κ1) is 48.0. The average molecular weight is 935 g/mol. The van der Waals surface area contributed by atoms with E-state index in [1.54, 1.807) is 0 Å². The molecule has 0 saturated carbocycles. The Morgan fingerprint density at radius 1 is 0.303 bits per heavy atom. The van der Waals surface area contributed by atoms with Gasteiger partial charge in [-0.2, -0.15) is 0 Å². The van der Waals surface area contributed by atoms with Crippen LogP contribution in [0.4, 0.5) is 0 Å². The normalized spacial score (nSPS) is 12.4. The zero-order valence-corrected chi connectivity index (χ0v) is 44.0. The quantitative estimate of drug-likeness (QED) is 0.0847. The lowest BCUT2D eigenvalue weighted by Crippen LogP contribution is -2.52. The van der Waals surface area contributed by atoms with Crippen molar-refractivity contribution in [3.05, 3.63) is 239 Å². The second kappa shape index (κ2) is 21.6. The lowest BCUT2D eigenvalue weighted by atomic mass is 10.2. The Bertz CT molecular complexity index is 2500. The van der Waals surface area contributed by atoms with Crippen LogP contribution in [0.15, 0.2) is 194 Å². The molecule has 1 unspecified atom stereocenters. The number of hydrogen-bond acceptors (Lipinski definition) is 0. The van der Waals surface area contributed by atoms with Gasteiger partial charge in [0.2, 0.25) is 0 Å². The SMILES string of the molecule is CCCCC(P(c1ccccc1C)c1ccccc1C)C(P(c1ccccc1C)c1ccccc1C)(P(c1ccccc1C)c1ccccc1C)P(c1ccccc1C)c1ccccc1C. The molecule has 8 aromatic carbocycles. The van der Waals surface area contributed by atoms with Crippen molar-refractivity contribution in [2.24, 2.45) is 0 Å². The minimum Gasteiger partial charge on any atom is -0.0654 e. The molecule has 1 atom stereocenters. The molecule has 0 nitrogen and oxygen atoms in total. The van der Waals surface area contributed by atoms with E-state index in [1.165, 1.54) is 86.9 Å². The highest BCUT2D eigenvalue weighted by Crippen LogP contribution is 2.83. The Morgan fingerprint density at radius 3 is 0.697 bits per heavy atom. The lowest BCUT2D eigenvalue weighted by Gasteiger charge is -2.59. The molecular weight excluding hydrogens is 869 g/mol. The fraction of sp³-hybridized carbons (Fsp3) is 0.226. The van der Waals surface area contributed by atoms with Crippen molar-refractivity contribution in [2.45, 2.75) is 91.9 Å². The van der Waals surface area contributed by atoms with Crippen LogP contribution < -0.4 is 42.4 Å². The minimum absolute atomic E-state index is 0.232. The van der Waals surface area contributed by atoms with Gasteiger partial charge in [0.15, 0.2) is 0 Å². The van der Waals surface area contributed by atoms with Gasteiger partial charge < -0.3 is 0 Å². The van der Waals surface area contributed by atoms with Crippen molar-refractivity contribution < 1.29 is 0 Å². The number of benzene rings is 8. The van der Waals surface area contributed by atoms with Crippen molar-refractivity contribution in [3.63, 3.8) is 0 Å². The van der Waals surface area contributed by atoms with E-state index in [0.29, 0.717) is 0 Å². The van der Waals surface area contributed by atoms with E-state index in [4.69, 9.17) is 0 Å². The number of hydrogen-bond donors (Lipinski definition) is 0. The molecule has 334 valence electrons. The Morgan fingerprint density at radius 2 is 0.500 bits per heavy atom. The maximum atomic E-state index is 2.55. The molecule has 0 heterocycles. The van der Waals surface area contributed by atoms with Crippen LogP contribution in [0.25, 0.3) is 0 Å². The summed E-state index contributed by atoms with van der Waals surface area (Å²) in [5.41, 5.74) is 11.3. The van der Waals surface area contributed by atoms with Crippen molar-refractivity contribution in [2.75, 3.05) is 0 Å².